The van der Waals surface area contributed by atoms with Crippen LogP contribution in [0.25, 0.3) is 0 Å². The van der Waals surface area contributed by atoms with Gasteiger partial charge in [-0.1, -0.05) is 0 Å². The second-order valence-corrected chi connectivity index (χ2v) is 3.29. The minimum atomic E-state index is 0.516. The molecule has 0 saturated heterocycles. The maximum Gasteiger partial charge on any atom is 0.171 e. The van der Waals surface area contributed by atoms with E-state index in [0.717, 1.165) is 0 Å². The molecule has 0 aliphatic rings. The first-order valence-corrected chi connectivity index (χ1v) is 4.52. The number of rotatable bonds is 3. The van der Waals surface area contributed by atoms with Gasteiger partial charge in [0, 0.05) is 20.3 Å². The molecule has 2 aromatic heterocycles. The Balaban J connectivity index is 2.01. The zero-order valence-electron chi connectivity index (χ0n) is 8.68. The third-order valence-electron chi connectivity index (χ3n) is 1.92. The molecule has 80 valence electrons. The SMILES string of the molecule is Cn1cnc(CNc2nn(C)cc2N)n1. The zero-order chi connectivity index (χ0) is 10.8. The Hall–Kier alpha value is -2.05. The van der Waals surface area contributed by atoms with Gasteiger partial charge in [0.15, 0.2) is 11.6 Å². The summed E-state index contributed by atoms with van der Waals surface area (Å²) in [7, 11) is 3.65. The quantitative estimate of drug-likeness (QED) is 0.724. The molecule has 0 fully saturated rings. The van der Waals surface area contributed by atoms with Gasteiger partial charge >= 0.3 is 0 Å². The van der Waals surface area contributed by atoms with Crippen LogP contribution in [0.4, 0.5) is 11.5 Å². The van der Waals surface area contributed by atoms with Crippen molar-refractivity contribution in [3.8, 4) is 0 Å². The minimum absolute atomic E-state index is 0.516. The molecule has 0 aromatic carbocycles. The minimum Gasteiger partial charge on any atom is -0.394 e. The summed E-state index contributed by atoms with van der Waals surface area (Å²) in [4.78, 5) is 4.08. The Morgan fingerprint density at radius 3 is 2.67 bits per heavy atom. The van der Waals surface area contributed by atoms with Crippen LogP contribution in [0.3, 0.4) is 0 Å². The van der Waals surface area contributed by atoms with Gasteiger partial charge in [0.1, 0.15) is 6.33 Å². The van der Waals surface area contributed by atoms with Crippen molar-refractivity contribution in [1.29, 1.82) is 0 Å². The van der Waals surface area contributed by atoms with Crippen LogP contribution >= 0.6 is 0 Å². The molecule has 0 saturated carbocycles. The highest BCUT2D eigenvalue weighted by Gasteiger charge is 2.04. The van der Waals surface area contributed by atoms with Gasteiger partial charge in [0.25, 0.3) is 0 Å². The molecule has 2 rings (SSSR count). The Morgan fingerprint density at radius 2 is 2.13 bits per heavy atom. The lowest BCUT2D eigenvalue weighted by Gasteiger charge is -1.99. The summed E-state index contributed by atoms with van der Waals surface area (Å²) in [6.07, 6.45) is 3.40. The molecule has 0 aliphatic heterocycles. The first-order valence-electron chi connectivity index (χ1n) is 4.52. The number of nitrogens with zero attached hydrogens (tertiary/aromatic N) is 5. The van der Waals surface area contributed by atoms with E-state index in [1.54, 1.807) is 21.9 Å². The molecule has 2 heterocycles. The Kier molecular flexibility index (Phi) is 2.28. The molecule has 0 atom stereocenters. The Bertz CT molecular complexity index is 455. The lowest BCUT2D eigenvalue weighted by molar-refractivity contribution is 0.743. The van der Waals surface area contributed by atoms with Gasteiger partial charge in [-0.15, -0.1) is 0 Å². The van der Waals surface area contributed by atoms with Crippen molar-refractivity contribution < 1.29 is 0 Å². The lowest BCUT2D eigenvalue weighted by atomic mass is 10.5. The molecule has 7 nitrogen and oxygen atoms in total. The molecule has 3 N–H and O–H groups in total. The number of aromatic nitrogens is 5. The highest BCUT2D eigenvalue weighted by atomic mass is 15.3. The van der Waals surface area contributed by atoms with E-state index >= 15 is 0 Å². The number of nitrogens with one attached hydrogen (secondary N) is 1. The average molecular weight is 207 g/mol. The maximum atomic E-state index is 5.72. The van der Waals surface area contributed by atoms with Crippen molar-refractivity contribution in [2.45, 2.75) is 6.54 Å². The highest BCUT2D eigenvalue weighted by Crippen LogP contribution is 2.14. The van der Waals surface area contributed by atoms with Gasteiger partial charge in [-0.25, -0.2) is 4.98 Å². The predicted octanol–water partition coefficient (Wildman–Crippen LogP) is -0.257. The van der Waals surface area contributed by atoms with E-state index in [-0.39, 0.29) is 0 Å². The summed E-state index contributed by atoms with van der Waals surface area (Å²) in [5.74, 6) is 1.37. The van der Waals surface area contributed by atoms with Gasteiger partial charge < -0.3 is 11.1 Å². The van der Waals surface area contributed by atoms with Gasteiger partial charge in [0.05, 0.1) is 12.2 Å². The number of aryl methyl sites for hydroxylation is 2. The van der Waals surface area contributed by atoms with E-state index in [9.17, 15) is 0 Å². The number of hydrogen-bond acceptors (Lipinski definition) is 5. The molecule has 7 heteroatoms. The van der Waals surface area contributed by atoms with Crippen LogP contribution in [-0.2, 0) is 20.6 Å². The van der Waals surface area contributed by atoms with E-state index in [2.05, 4.69) is 20.5 Å². The summed E-state index contributed by atoms with van der Waals surface area (Å²) >= 11 is 0. The molecule has 0 radical (unpaired) electrons. The smallest absolute Gasteiger partial charge is 0.171 e. The molecule has 2 aromatic rings. The van der Waals surface area contributed by atoms with Crippen LogP contribution in [0.5, 0.6) is 0 Å². The highest BCUT2D eigenvalue weighted by molar-refractivity contribution is 5.59. The van der Waals surface area contributed by atoms with Gasteiger partial charge in [0.2, 0.25) is 0 Å². The molecule has 0 spiro atoms. The van der Waals surface area contributed by atoms with E-state index in [1.165, 1.54) is 0 Å². The Labute approximate surface area is 86.9 Å². The third kappa shape index (κ3) is 2.06. The van der Waals surface area contributed by atoms with E-state index in [1.807, 2.05) is 14.1 Å². The van der Waals surface area contributed by atoms with E-state index in [4.69, 9.17) is 5.73 Å². The van der Waals surface area contributed by atoms with Gasteiger partial charge in [-0.3, -0.25) is 9.36 Å². The molecular formula is C8H13N7. The van der Waals surface area contributed by atoms with Crippen LogP contribution in [0, 0.1) is 0 Å². The van der Waals surface area contributed by atoms with Crippen molar-refractivity contribution in [2.24, 2.45) is 14.1 Å². The van der Waals surface area contributed by atoms with Crippen LogP contribution in [0.2, 0.25) is 0 Å². The Morgan fingerprint density at radius 1 is 1.33 bits per heavy atom. The zero-order valence-corrected chi connectivity index (χ0v) is 8.68. The fourth-order valence-corrected chi connectivity index (χ4v) is 1.27. The van der Waals surface area contributed by atoms with Crippen molar-refractivity contribution in [2.75, 3.05) is 11.1 Å². The number of nitrogen functional groups attached to an aromatic ring is 1. The van der Waals surface area contributed by atoms with Crippen LogP contribution in [0.1, 0.15) is 5.82 Å². The summed E-state index contributed by atoms with van der Waals surface area (Å²) in [5.41, 5.74) is 6.34. The van der Waals surface area contributed by atoms with Gasteiger partial charge in [-0.2, -0.15) is 10.2 Å². The van der Waals surface area contributed by atoms with Crippen LogP contribution in [-0.4, -0.2) is 24.5 Å². The standard InChI is InChI=1S/C8H13N7/c1-14-4-6(9)8(13-14)10-3-7-11-5-15(2)12-7/h4-5H,3,9H2,1-2H3,(H,10,13). The first-order chi connectivity index (χ1) is 7.15. The summed E-state index contributed by atoms with van der Waals surface area (Å²) in [6, 6.07) is 0. The number of anilines is 2. The van der Waals surface area contributed by atoms with Crippen molar-refractivity contribution in [3.63, 3.8) is 0 Å². The normalized spacial score (nSPS) is 10.5. The second kappa shape index (κ2) is 3.60. The topological polar surface area (TPSA) is 86.6 Å². The molecule has 0 aliphatic carbocycles. The van der Waals surface area contributed by atoms with Crippen molar-refractivity contribution in [3.05, 3.63) is 18.3 Å². The molecule has 15 heavy (non-hydrogen) atoms. The molecule has 0 bridgehead atoms. The lowest BCUT2D eigenvalue weighted by Crippen LogP contribution is -2.04. The summed E-state index contributed by atoms with van der Waals surface area (Å²) in [5, 5.41) is 11.3. The average Bonchev–Trinajstić information content (AvgIpc) is 2.70. The predicted molar refractivity (Wildman–Crippen MR) is 56.0 cm³/mol. The van der Waals surface area contributed by atoms with Crippen molar-refractivity contribution >= 4 is 11.5 Å². The largest absolute Gasteiger partial charge is 0.394 e. The molecule has 0 amide bonds. The van der Waals surface area contributed by atoms with Crippen molar-refractivity contribution in [1.82, 2.24) is 24.5 Å². The van der Waals surface area contributed by atoms with Crippen LogP contribution < -0.4 is 11.1 Å². The third-order valence-corrected chi connectivity index (χ3v) is 1.92. The second-order valence-electron chi connectivity index (χ2n) is 3.29. The monoisotopic (exact) mass is 207 g/mol. The molecule has 0 unspecified atom stereocenters. The maximum absolute atomic E-state index is 5.72. The fourth-order valence-electron chi connectivity index (χ4n) is 1.27. The number of hydrogen-bond donors (Lipinski definition) is 2. The van der Waals surface area contributed by atoms with E-state index in [0.29, 0.717) is 23.9 Å². The van der Waals surface area contributed by atoms with E-state index < -0.39 is 0 Å². The summed E-state index contributed by atoms with van der Waals surface area (Å²) < 4.78 is 3.31. The van der Waals surface area contributed by atoms with Crippen LogP contribution in [0.15, 0.2) is 12.5 Å². The molecular weight excluding hydrogens is 194 g/mol. The fraction of sp³-hybridized carbons (Fsp3) is 0.375. The summed E-state index contributed by atoms with van der Waals surface area (Å²) in [6.45, 7) is 0.516. The first kappa shape index (κ1) is 9.50. The number of nitrogens with two attached hydrogens (primary N) is 1. The van der Waals surface area contributed by atoms with Gasteiger partial charge in [-0.05, 0) is 0 Å².